The first-order chi connectivity index (χ1) is 16.4. The van der Waals surface area contributed by atoms with Crippen LogP contribution in [0.1, 0.15) is 16.8 Å². The summed E-state index contributed by atoms with van der Waals surface area (Å²) < 4.78 is 12.2. The molecule has 11 heteroatoms. The Morgan fingerprint density at radius 2 is 1.91 bits per heavy atom. The monoisotopic (exact) mass is 520 g/mol. The molecule has 34 heavy (non-hydrogen) atoms. The number of benzene rings is 2. The van der Waals surface area contributed by atoms with E-state index < -0.39 is 0 Å². The molecule has 2 amide bonds. The van der Waals surface area contributed by atoms with Gasteiger partial charge in [-0.1, -0.05) is 35.3 Å². The highest BCUT2D eigenvalue weighted by Gasteiger charge is 2.25. The number of anilines is 1. The molecule has 3 aromatic rings. The lowest BCUT2D eigenvalue weighted by Crippen LogP contribution is -2.29. The van der Waals surface area contributed by atoms with Gasteiger partial charge in [-0.25, -0.2) is 4.68 Å². The number of hydrogen-bond donors (Lipinski definition) is 2. The van der Waals surface area contributed by atoms with Gasteiger partial charge < -0.3 is 20.1 Å². The molecule has 0 saturated carbocycles. The van der Waals surface area contributed by atoms with E-state index in [2.05, 4.69) is 15.7 Å². The van der Waals surface area contributed by atoms with Crippen LogP contribution >= 0.6 is 35.0 Å². The zero-order chi connectivity index (χ0) is 24.1. The van der Waals surface area contributed by atoms with Gasteiger partial charge in [-0.15, -0.1) is 0 Å². The Kier molecular flexibility index (Phi) is 7.87. The lowest BCUT2D eigenvalue weighted by atomic mass is 10.2. The van der Waals surface area contributed by atoms with E-state index in [1.165, 1.54) is 4.68 Å². The van der Waals surface area contributed by atoms with Crippen molar-refractivity contribution in [2.75, 3.05) is 19.0 Å². The number of rotatable bonds is 9. The maximum absolute atomic E-state index is 12.6. The number of ether oxygens (including phenoxy) is 2. The molecular formula is C23H22Cl2N4O4S. The number of fused-ring (bicyclic) bond motifs is 1. The molecule has 0 atom stereocenters. The number of thioether (sulfide) groups is 1. The number of carbonyl (C=O) groups excluding carboxylic acids is 2. The van der Waals surface area contributed by atoms with Gasteiger partial charge in [0.05, 0.1) is 17.8 Å². The minimum Gasteiger partial charge on any atom is -0.497 e. The summed E-state index contributed by atoms with van der Waals surface area (Å²) in [5, 5.41) is 11.0. The Morgan fingerprint density at radius 3 is 2.65 bits per heavy atom. The largest absolute Gasteiger partial charge is 0.497 e. The number of nitrogens with zero attached hydrogens (tertiary/aromatic N) is 2. The van der Waals surface area contributed by atoms with Crippen LogP contribution in [0.4, 0.5) is 5.82 Å². The van der Waals surface area contributed by atoms with Crippen molar-refractivity contribution >= 4 is 52.6 Å². The van der Waals surface area contributed by atoms with Crippen LogP contribution in [0.5, 0.6) is 11.5 Å². The predicted octanol–water partition coefficient (Wildman–Crippen LogP) is 4.28. The molecule has 8 nitrogen and oxygen atoms in total. The van der Waals surface area contributed by atoms with Crippen LogP contribution in [0.2, 0.25) is 10.0 Å². The highest BCUT2D eigenvalue weighted by molar-refractivity contribution is 7.98. The fourth-order valence-corrected chi connectivity index (χ4v) is 4.86. The maximum Gasteiger partial charge on any atom is 0.263 e. The molecule has 0 unspecified atom stereocenters. The number of aromatic nitrogens is 2. The standard InChI is InChI=1S/C23H22Cl2N4O4S/c1-32-16-5-2-14(3-6-16)9-26-21(30)10-29-23(17-12-34-13-19(17)28-29)27-22(31)11-33-20-7-4-15(24)8-18(20)25/h2-8H,9-13H2,1H3,(H,26,30)(H,27,31). The summed E-state index contributed by atoms with van der Waals surface area (Å²) >= 11 is 13.7. The van der Waals surface area contributed by atoms with Gasteiger partial charge in [0.2, 0.25) is 5.91 Å². The van der Waals surface area contributed by atoms with E-state index in [0.717, 1.165) is 28.3 Å². The maximum atomic E-state index is 12.6. The summed E-state index contributed by atoms with van der Waals surface area (Å²) in [4.78, 5) is 25.2. The Hall–Kier alpha value is -2.88. The fraction of sp³-hybridized carbons (Fsp3) is 0.261. The second-order valence-electron chi connectivity index (χ2n) is 7.46. The van der Waals surface area contributed by atoms with Crippen molar-refractivity contribution in [3.05, 3.63) is 69.3 Å². The fourth-order valence-electron chi connectivity index (χ4n) is 3.36. The minimum atomic E-state index is -0.384. The third kappa shape index (κ3) is 5.97. The molecule has 178 valence electrons. The summed E-state index contributed by atoms with van der Waals surface area (Å²) in [6.45, 7) is 0.0997. The third-order valence-corrected chi connectivity index (χ3v) is 6.57. The van der Waals surface area contributed by atoms with Gasteiger partial charge >= 0.3 is 0 Å². The SMILES string of the molecule is COc1ccc(CNC(=O)Cn2nc3c(c2NC(=O)COc2ccc(Cl)cc2Cl)CSC3)cc1. The summed E-state index contributed by atoms with van der Waals surface area (Å²) in [6.07, 6.45) is 0. The smallest absolute Gasteiger partial charge is 0.263 e. The van der Waals surface area contributed by atoms with Crippen molar-refractivity contribution in [3.8, 4) is 11.5 Å². The highest BCUT2D eigenvalue weighted by atomic mass is 35.5. The molecule has 1 aliphatic heterocycles. The van der Waals surface area contributed by atoms with Crippen molar-refractivity contribution in [2.45, 2.75) is 24.6 Å². The number of nitrogens with one attached hydrogen (secondary N) is 2. The zero-order valence-corrected chi connectivity index (χ0v) is 20.6. The Morgan fingerprint density at radius 1 is 1.12 bits per heavy atom. The molecule has 0 spiro atoms. The van der Waals surface area contributed by atoms with Crippen LogP contribution in [0.25, 0.3) is 0 Å². The molecule has 0 aliphatic carbocycles. The molecule has 1 aliphatic rings. The summed E-state index contributed by atoms with van der Waals surface area (Å²) in [5.74, 6) is 2.46. The van der Waals surface area contributed by atoms with E-state index in [9.17, 15) is 9.59 Å². The van der Waals surface area contributed by atoms with Gasteiger partial charge in [-0.05, 0) is 35.9 Å². The van der Waals surface area contributed by atoms with Crippen LogP contribution in [-0.2, 0) is 34.2 Å². The second kappa shape index (κ2) is 11.0. The number of halogens is 2. The summed E-state index contributed by atoms with van der Waals surface area (Å²) in [7, 11) is 1.60. The van der Waals surface area contributed by atoms with Crippen LogP contribution < -0.4 is 20.1 Å². The highest BCUT2D eigenvalue weighted by Crippen LogP contribution is 2.34. The van der Waals surface area contributed by atoms with Crippen molar-refractivity contribution in [1.82, 2.24) is 15.1 Å². The van der Waals surface area contributed by atoms with Gasteiger partial charge in [-0.3, -0.25) is 9.59 Å². The lowest BCUT2D eigenvalue weighted by molar-refractivity contribution is -0.122. The van der Waals surface area contributed by atoms with Crippen LogP contribution in [0.15, 0.2) is 42.5 Å². The number of carbonyl (C=O) groups is 2. The van der Waals surface area contributed by atoms with E-state index >= 15 is 0 Å². The van der Waals surface area contributed by atoms with Crippen molar-refractivity contribution in [2.24, 2.45) is 0 Å². The van der Waals surface area contributed by atoms with E-state index in [1.54, 1.807) is 37.1 Å². The van der Waals surface area contributed by atoms with Crippen LogP contribution in [-0.4, -0.2) is 35.3 Å². The lowest BCUT2D eigenvalue weighted by Gasteiger charge is -2.12. The van der Waals surface area contributed by atoms with Gasteiger partial charge in [0.15, 0.2) is 6.61 Å². The molecule has 0 bridgehead atoms. The molecule has 0 fully saturated rings. The second-order valence-corrected chi connectivity index (χ2v) is 9.29. The Bertz CT molecular complexity index is 1200. The quantitative estimate of drug-likeness (QED) is 0.437. The molecule has 1 aromatic heterocycles. The topological polar surface area (TPSA) is 94.5 Å². The van der Waals surface area contributed by atoms with Gasteiger partial charge in [-0.2, -0.15) is 16.9 Å². The van der Waals surface area contributed by atoms with Gasteiger partial charge in [0.1, 0.15) is 23.9 Å². The summed E-state index contributed by atoms with van der Waals surface area (Å²) in [5.41, 5.74) is 2.73. The third-order valence-electron chi connectivity index (χ3n) is 5.07. The van der Waals surface area contributed by atoms with Crippen molar-refractivity contribution in [3.63, 3.8) is 0 Å². The van der Waals surface area contributed by atoms with Crippen molar-refractivity contribution < 1.29 is 19.1 Å². The van der Waals surface area contributed by atoms with E-state index in [0.29, 0.717) is 33.9 Å². The van der Waals surface area contributed by atoms with E-state index in [1.807, 2.05) is 24.3 Å². The predicted molar refractivity (Wildman–Crippen MR) is 133 cm³/mol. The Labute approximate surface area is 210 Å². The molecule has 4 rings (SSSR count). The zero-order valence-electron chi connectivity index (χ0n) is 18.3. The molecule has 2 heterocycles. The molecule has 0 saturated heterocycles. The van der Waals surface area contributed by atoms with E-state index in [-0.39, 0.29) is 25.0 Å². The normalized spacial score (nSPS) is 12.2. The average molecular weight is 521 g/mol. The Balaban J connectivity index is 1.37. The molecule has 2 aromatic carbocycles. The first-order valence-corrected chi connectivity index (χ1v) is 12.3. The molecular weight excluding hydrogens is 499 g/mol. The minimum absolute atomic E-state index is 0.0205. The first kappa shape index (κ1) is 24.3. The summed E-state index contributed by atoms with van der Waals surface area (Å²) in [6, 6.07) is 12.2. The first-order valence-electron chi connectivity index (χ1n) is 10.4. The number of hydrogen-bond acceptors (Lipinski definition) is 6. The van der Waals surface area contributed by atoms with E-state index in [4.69, 9.17) is 32.7 Å². The van der Waals surface area contributed by atoms with Crippen LogP contribution in [0.3, 0.4) is 0 Å². The van der Waals surface area contributed by atoms with Crippen molar-refractivity contribution in [1.29, 1.82) is 0 Å². The number of amides is 2. The average Bonchev–Trinajstić information content (AvgIpc) is 3.40. The van der Waals surface area contributed by atoms with Crippen LogP contribution in [0, 0.1) is 0 Å². The van der Waals surface area contributed by atoms with Gasteiger partial charge in [0, 0.05) is 28.6 Å². The molecule has 2 N–H and O–H groups in total. The van der Waals surface area contributed by atoms with Gasteiger partial charge in [0.25, 0.3) is 5.91 Å². The number of methoxy groups -OCH3 is 1. The molecule has 0 radical (unpaired) electrons.